The largest absolute Gasteiger partial charge is 0.507 e. The van der Waals surface area contributed by atoms with Crippen molar-refractivity contribution in [1.82, 2.24) is 4.57 Å². The van der Waals surface area contributed by atoms with E-state index in [1.807, 2.05) is 71.0 Å². The second-order valence-corrected chi connectivity index (χ2v) is 9.87. The fraction of sp³-hybridized carbons (Fsp3) is 0.194. The quantitative estimate of drug-likeness (QED) is 0.373. The van der Waals surface area contributed by atoms with Crippen molar-refractivity contribution >= 4 is 11.6 Å². The molecule has 1 amide bonds. The van der Waals surface area contributed by atoms with Gasteiger partial charge in [-0.25, -0.2) is 4.39 Å². The predicted molar refractivity (Wildman–Crippen MR) is 144 cm³/mol. The summed E-state index contributed by atoms with van der Waals surface area (Å²) in [6.07, 6.45) is 0. The van der Waals surface area contributed by atoms with E-state index in [9.17, 15) is 24.3 Å². The number of nitrogens with zero attached hydrogens (tertiary/aromatic N) is 3. The van der Waals surface area contributed by atoms with Crippen LogP contribution >= 0.6 is 0 Å². The van der Waals surface area contributed by atoms with Crippen LogP contribution in [-0.2, 0) is 6.54 Å². The monoisotopic (exact) mass is 507 g/mol. The number of rotatable bonds is 3. The number of aromatic nitrogens is 1. The summed E-state index contributed by atoms with van der Waals surface area (Å²) in [4.78, 5) is 29.9. The first-order chi connectivity index (χ1) is 18.0. The lowest BCUT2D eigenvalue weighted by Gasteiger charge is -2.21. The number of carbonyl (C=O) groups excluding carboxylic acids is 1. The van der Waals surface area contributed by atoms with Crippen LogP contribution in [0.15, 0.2) is 53.3 Å². The van der Waals surface area contributed by atoms with Crippen LogP contribution in [0.1, 0.15) is 49.4 Å². The molecule has 0 saturated carbocycles. The Bertz CT molecular complexity index is 1740. The number of fused-ring (bicyclic) bond motifs is 1. The van der Waals surface area contributed by atoms with Gasteiger partial charge < -0.3 is 10.0 Å². The van der Waals surface area contributed by atoms with Crippen LogP contribution in [0.5, 0.6) is 5.75 Å². The maximum absolute atomic E-state index is 14.4. The van der Waals surface area contributed by atoms with Gasteiger partial charge in [0.1, 0.15) is 28.9 Å². The number of para-hydroxylation sites is 1. The third-order valence-electron chi connectivity index (χ3n) is 7.15. The van der Waals surface area contributed by atoms with Crippen molar-refractivity contribution in [3.63, 3.8) is 0 Å². The molecule has 0 unspecified atom stereocenters. The Morgan fingerprint density at radius 1 is 0.895 bits per heavy atom. The summed E-state index contributed by atoms with van der Waals surface area (Å²) in [6.45, 7) is 9.51. The van der Waals surface area contributed by atoms with Crippen molar-refractivity contribution < 1.29 is 14.3 Å². The van der Waals surface area contributed by atoms with Crippen LogP contribution in [0, 0.1) is 51.8 Å². The first-order valence-corrected chi connectivity index (χ1v) is 12.2. The van der Waals surface area contributed by atoms with Crippen LogP contribution in [0.4, 0.5) is 10.1 Å². The lowest BCUT2D eigenvalue weighted by Crippen LogP contribution is -2.31. The standard InChI is InChI=1S/C31H26FN3O3/c1-16-11-19(4)28(20(5)12-16)35-29-24(15-34(31(29)38)27-17(2)7-6-8-18(27)3)26(23(14-33)30(35)37)22-13-21(32)9-10-25(22)36/h6-13,36H,15H2,1-5H3. The zero-order valence-corrected chi connectivity index (χ0v) is 21.8. The average molecular weight is 508 g/mol. The molecule has 7 heteroatoms. The molecule has 4 aromatic rings. The molecule has 0 aliphatic carbocycles. The molecular formula is C31H26FN3O3. The molecule has 190 valence electrons. The maximum Gasteiger partial charge on any atom is 0.276 e. The minimum Gasteiger partial charge on any atom is -0.507 e. The summed E-state index contributed by atoms with van der Waals surface area (Å²) in [7, 11) is 0. The molecule has 5 rings (SSSR count). The highest BCUT2D eigenvalue weighted by Gasteiger charge is 2.39. The highest BCUT2D eigenvalue weighted by molar-refractivity contribution is 6.11. The van der Waals surface area contributed by atoms with Gasteiger partial charge in [0.25, 0.3) is 11.5 Å². The van der Waals surface area contributed by atoms with Gasteiger partial charge in [0.2, 0.25) is 0 Å². The Balaban J connectivity index is 1.95. The van der Waals surface area contributed by atoms with Crippen LogP contribution in [0.3, 0.4) is 0 Å². The number of phenols is 1. The third-order valence-corrected chi connectivity index (χ3v) is 7.15. The van der Waals surface area contributed by atoms with Gasteiger partial charge in [-0.05, 0) is 75.1 Å². The smallest absolute Gasteiger partial charge is 0.276 e. The van der Waals surface area contributed by atoms with E-state index >= 15 is 0 Å². The van der Waals surface area contributed by atoms with Crippen molar-refractivity contribution in [3.8, 4) is 28.6 Å². The summed E-state index contributed by atoms with van der Waals surface area (Å²) in [5, 5.41) is 20.9. The van der Waals surface area contributed by atoms with Crippen molar-refractivity contribution in [2.75, 3.05) is 4.90 Å². The lowest BCUT2D eigenvalue weighted by molar-refractivity contribution is 0.0989. The lowest BCUT2D eigenvalue weighted by atomic mass is 9.93. The fourth-order valence-electron chi connectivity index (χ4n) is 5.72. The zero-order chi connectivity index (χ0) is 27.5. The van der Waals surface area contributed by atoms with Crippen molar-refractivity contribution in [1.29, 1.82) is 5.26 Å². The van der Waals surface area contributed by atoms with Crippen LogP contribution < -0.4 is 10.5 Å². The van der Waals surface area contributed by atoms with Crippen LogP contribution in [-0.4, -0.2) is 15.6 Å². The second kappa shape index (κ2) is 9.00. The van der Waals surface area contributed by atoms with Gasteiger partial charge >= 0.3 is 0 Å². The zero-order valence-electron chi connectivity index (χ0n) is 21.8. The summed E-state index contributed by atoms with van der Waals surface area (Å²) in [5.41, 5.74) is 5.12. The number of benzene rings is 3. The molecule has 0 fully saturated rings. The first-order valence-electron chi connectivity index (χ1n) is 12.2. The molecule has 1 aliphatic heterocycles. The van der Waals surface area contributed by atoms with Gasteiger partial charge in [0, 0.05) is 16.7 Å². The molecule has 3 aromatic carbocycles. The summed E-state index contributed by atoms with van der Waals surface area (Å²) >= 11 is 0. The van der Waals surface area contributed by atoms with E-state index in [1.165, 1.54) is 10.6 Å². The molecule has 1 N–H and O–H groups in total. The number of aryl methyl sites for hydroxylation is 5. The Morgan fingerprint density at radius 3 is 2.13 bits per heavy atom. The third kappa shape index (κ3) is 3.69. The number of anilines is 1. The van der Waals surface area contributed by atoms with Gasteiger partial charge in [0.15, 0.2) is 0 Å². The van der Waals surface area contributed by atoms with E-state index in [4.69, 9.17) is 0 Å². The number of phenolic OH excluding ortho intramolecular Hbond substituents is 1. The van der Waals surface area contributed by atoms with E-state index in [2.05, 4.69) is 0 Å². The Kier molecular flexibility index (Phi) is 5.91. The van der Waals surface area contributed by atoms with Crippen LogP contribution in [0.2, 0.25) is 0 Å². The molecule has 0 saturated heterocycles. The molecule has 0 radical (unpaired) electrons. The summed E-state index contributed by atoms with van der Waals surface area (Å²) in [5.74, 6) is -1.33. The first kappa shape index (κ1) is 25.0. The number of hydrogen-bond acceptors (Lipinski definition) is 4. The minimum atomic E-state index is -0.698. The highest BCUT2D eigenvalue weighted by atomic mass is 19.1. The van der Waals surface area contributed by atoms with E-state index in [0.29, 0.717) is 16.9 Å². The van der Waals surface area contributed by atoms with Crippen molar-refractivity contribution in [3.05, 3.63) is 109 Å². The van der Waals surface area contributed by atoms with Crippen LogP contribution in [0.25, 0.3) is 16.8 Å². The molecule has 1 aliphatic rings. The Hall–Kier alpha value is -4.70. The number of amides is 1. The van der Waals surface area contributed by atoms with E-state index in [0.717, 1.165) is 39.9 Å². The number of hydrogen-bond donors (Lipinski definition) is 1. The normalized spacial score (nSPS) is 12.6. The van der Waals surface area contributed by atoms with Gasteiger partial charge in [-0.1, -0.05) is 35.9 Å². The van der Waals surface area contributed by atoms with E-state index < -0.39 is 17.3 Å². The molecule has 0 atom stereocenters. The summed E-state index contributed by atoms with van der Waals surface area (Å²) in [6, 6.07) is 14.9. The molecular weight excluding hydrogens is 481 g/mol. The SMILES string of the molecule is Cc1cc(C)c(-n2c3c(c(-c4cc(F)ccc4O)c(C#N)c2=O)CN(c2c(C)cccc2C)C3=O)c(C)c1. The van der Waals surface area contributed by atoms with Crippen molar-refractivity contribution in [2.45, 2.75) is 41.2 Å². The van der Waals surface area contributed by atoms with Crippen molar-refractivity contribution in [2.24, 2.45) is 0 Å². The topological polar surface area (TPSA) is 86.3 Å². The Labute approximate surface area is 219 Å². The number of carbonyl (C=O) groups is 1. The maximum atomic E-state index is 14.4. The number of pyridine rings is 1. The molecule has 6 nitrogen and oxygen atoms in total. The van der Waals surface area contributed by atoms with Gasteiger partial charge in [-0.15, -0.1) is 0 Å². The number of aromatic hydroxyl groups is 1. The Morgan fingerprint density at radius 2 is 1.53 bits per heavy atom. The van der Waals surface area contributed by atoms with E-state index in [1.54, 1.807) is 4.90 Å². The molecule has 0 spiro atoms. The van der Waals surface area contributed by atoms with Gasteiger partial charge in [0.05, 0.1) is 17.9 Å². The fourth-order valence-corrected chi connectivity index (χ4v) is 5.72. The second-order valence-electron chi connectivity index (χ2n) is 9.87. The molecule has 1 aromatic heterocycles. The predicted octanol–water partition coefficient (Wildman–Crippen LogP) is 5.92. The van der Waals surface area contributed by atoms with Gasteiger partial charge in [-0.3, -0.25) is 14.2 Å². The minimum absolute atomic E-state index is 0.00412. The highest BCUT2D eigenvalue weighted by Crippen LogP contribution is 2.42. The number of halogens is 1. The summed E-state index contributed by atoms with van der Waals surface area (Å²) < 4.78 is 15.7. The number of nitriles is 1. The van der Waals surface area contributed by atoms with Gasteiger partial charge in [-0.2, -0.15) is 5.26 Å². The average Bonchev–Trinajstić information content (AvgIpc) is 3.17. The molecule has 2 heterocycles. The molecule has 38 heavy (non-hydrogen) atoms. The van der Waals surface area contributed by atoms with E-state index in [-0.39, 0.29) is 34.7 Å². The molecule has 0 bridgehead atoms.